The number of likely N-dealkylation sites (tertiary alicyclic amines) is 2. The van der Waals surface area contributed by atoms with Crippen LogP contribution in [0.2, 0.25) is 5.02 Å². The Hall–Kier alpha value is -1.31. The summed E-state index contributed by atoms with van der Waals surface area (Å²) in [6, 6.07) is 14.0. The van der Waals surface area contributed by atoms with E-state index in [4.69, 9.17) is 11.6 Å². The number of halogens is 2. The average Bonchev–Trinajstić information content (AvgIpc) is 3.26. The van der Waals surface area contributed by atoms with Crippen molar-refractivity contribution in [3.8, 4) is 0 Å². The van der Waals surface area contributed by atoms with E-state index in [2.05, 4.69) is 49.8 Å². The lowest BCUT2D eigenvalue weighted by atomic mass is 10.0. The number of carbonyl (C=O) groups is 1. The van der Waals surface area contributed by atoms with Gasteiger partial charge < -0.3 is 15.1 Å². The Morgan fingerprint density at radius 1 is 1.14 bits per heavy atom. The highest BCUT2D eigenvalue weighted by atomic mass is 127. The molecule has 2 heterocycles. The molecule has 29 heavy (non-hydrogen) atoms. The molecule has 0 spiro atoms. The van der Waals surface area contributed by atoms with Crippen molar-refractivity contribution in [2.75, 3.05) is 44.6 Å². The summed E-state index contributed by atoms with van der Waals surface area (Å²) in [5, 5.41) is 4.28. The number of nitrogens with zero attached hydrogens (tertiary/aromatic N) is 2. The standard InChI is InChI=1S/C23H27ClIN3O/c1-16-7-8-19(11-21(16)24)26-9-4-10-27-12-17-14-28(15-18(17)13-27)23(29)20-5-2-3-6-22(20)25/h2-3,5-8,11,17-18,26H,4,9-10,12-15H2,1H3. The number of amides is 1. The average molecular weight is 524 g/mol. The molecule has 0 saturated carbocycles. The second-order valence-electron chi connectivity index (χ2n) is 8.21. The number of carbonyl (C=O) groups excluding carboxylic acids is 1. The molecule has 2 aliphatic heterocycles. The molecule has 2 aliphatic rings. The number of hydrogen-bond donors (Lipinski definition) is 1. The van der Waals surface area contributed by atoms with E-state index in [0.717, 1.165) is 71.1 Å². The number of aryl methyl sites for hydroxylation is 1. The number of rotatable bonds is 6. The maximum absolute atomic E-state index is 12.9. The summed E-state index contributed by atoms with van der Waals surface area (Å²) >= 11 is 8.45. The third-order valence-electron chi connectivity index (χ3n) is 6.11. The molecule has 2 aromatic carbocycles. The maximum atomic E-state index is 12.9. The Balaban J connectivity index is 1.21. The predicted octanol–water partition coefficient (Wildman–Crippen LogP) is 4.76. The van der Waals surface area contributed by atoms with Crippen molar-refractivity contribution in [3.05, 3.63) is 62.2 Å². The van der Waals surface area contributed by atoms with Crippen LogP contribution in [0.5, 0.6) is 0 Å². The summed E-state index contributed by atoms with van der Waals surface area (Å²) in [5.74, 6) is 1.42. The van der Waals surface area contributed by atoms with Gasteiger partial charge in [-0.25, -0.2) is 0 Å². The molecule has 0 bridgehead atoms. The van der Waals surface area contributed by atoms with Crippen molar-refractivity contribution in [1.29, 1.82) is 0 Å². The minimum absolute atomic E-state index is 0.192. The van der Waals surface area contributed by atoms with Gasteiger partial charge in [0.25, 0.3) is 5.91 Å². The summed E-state index contributed by atoms with van der Waals surface area (Å²) in [6.07, 6.45) is 1.11. The summed E-state index contributed by atoms with van der Waals surface area (Å²) in [6.45, 7) is 8.07. The zero-order valence-electron chi connectivity index (χ0n) is 16.7. The van der Waals surface area contributed by atoms with Crippen LogP contribution in [-0.4, -0.2) is 55.0 Å². The Kier molecular flexibility index (Phi) is 6.66. The van der Waals surface area contributed by atoms with E-state index in [1.54, 1.807) is 0 Å². The van der Waals surface area contributed by atoms with Crippen LogP contribution in [0.25, 0.3) is 0 Å². The molecule has 0 radical (unpaired) electrons. The number of fused-ring (bicyclic) bond motifs is 1. The molecule has 2 unspecified atom stereocenters. The second-order valence-corrected chi connectivity index (χ2v) is 9.78. The first kappa shape index (κ1) is 20.9. The minimum atomic E-state index is 0.192. The van der Waals surface area contributed by atoms with E-state index in [9.17, 15) is 4.79 Å². The highest BCUT2D eigenvalue weighted by Crippen LogP contribution is 2.32. The molecule has 154 valence electrons. The van der Waals surface area contributed by atoms with E-state index in [0.29, 0.717) is 11.8 Å². The third kappa shape index (κ3) is 4.89. The van der Waals surface area contributed by atoms with Crippen LogP contribution in [0.1, 0.15) is 22.3 Å². The second kappa shape index (κ2) is 9.23. The van der Waals surface area contributed by atoms with Gasteiger partial charge in [0, 0.05) is 47.0 Å². The van der Waals surface area contributed by atoms with Gasteiger partial charge in [-0.15, -0.1) is 0 Å². The fourth-order valence-corrected chi connectivity index (χ4v) is 5.28. The fraction of sp³-hybridized carbons (Fsp3) is 0.435. The summed E-state index contributed by atoms with van der Waals surface area (Å²) < 4.78 is 1.04. The molecule has 0 aromatic heterocycles. The summed E-state index contributed by atoms with van der Waals surface area (Å²) in [7, 11) is 0. The minimum Gasteiger partial charge on any atom is -0.385 e. The van der Waals surface area contributed by atoms with E-state index >= 15 is 0 Å². The normalized spacial score (nSPS) is 21.4. The first-order valence-electron chi connectivity index (χ1n) is 10.3. The van der Waals surface area contributed by atoms with Crippen molar-refractivity contribution in [3.63, 3.8) is 0 Å². The first-order chi connectivity index (χ1) is 14.0. The topological polar surface area (TPSA) is 35.6 Å². The van der Waals surface area contributed by atoms with Gasteiger partial charge in [0.05, 0.1) is 5.56 Å². The SMILES string of the molecule is Cc1ccc(NCCCN2CC3CN(C(=O)c4ccccc4I)CC3C2)cc1Cl. The van der Waals surface area contributed by atoms with Crippen LogP contribution >= 0.6 is 34.2 Å². The molecule has 6 heteroatoms. The zero-order chi connectivity index (χ0) is 20.4. The fourth-order valence-electron chi connectivity index (χ4n) is 4.48. The van der Waals surface area contributed by atoms with Gasteiger partial charge in [0.2, 0.25) is 0 Å². The van der Waals surface area contributed by atoms with Gasteiger partial charge in [0.1, 0.15) is 0 Å². The van der Waals surface area contributed by atoms with E-state index in [1.165, 1.54) is 0 Å². The smallest absolute Gasteiger partial charge is 0.254 e. The first-order valence-corrected chi connectivity index (χ1v) is 11.7. The van der Waals surface area contributed by atoms with Crippen molar-refractivity contribution < 1.29 is 4.79 Å². The van der Waals surface area contributed by atoms with Gasteiger partial charge >= 0.3 is 0 Å². The highest BCUT2D eigenvalue weighted by molar-refractivity contribution is 14.1. The lowest BCUT2D eigenvalue weighted by Crippen LogP contribution is -2.34. The number of hydrogen-bond acceptors (Lipinski definition) is 3. The van der Waals surface area contributed by atoms with Gasteiger partial charge in [-0.05, 0) is 84.1 Å². The Labute approximate surface area is 191 Å². The molecule has 1 amide bonds. The largest absolute Gasteiger partial charge is 0.385 e. The number of benzene rings is 2. The van der Waals surface area contributed by atoms with Gasteiger partial charge in [-0.2, -0.15) is 0 Å². The van der Waals surface area contributed by atoms with Crippen molar-refractivity contribution >= 4 is 45.8 Å². The Morgan fingerprint density at radius 3 is 2.55 bits per heavy atom. The predicted molar refractivity (Wildman–Crippen MR) is 128 cm³/mol. The maximum Gasteiger partial charge on any atom is 0.254 e. The number of nitrogens with one attached hydrogen (secondary N) is 1. The van der Waals surface area contributed by atoms with E-state index < -0.39 is 0 Å². The van der Waals surface area contributed by atoms with Crippen LogP contribution in [0, 0.1) is 22.3 Å². The molecular formula is C23H27ClIN3O. The van der Waals surface area contributed by atoms with Crippen LogP contribution in [0.3, 0.4) is 0 Å². The van der Waals surface area contributed by atoms with E-state index in [-0.39, 0.29) is 5.91 Å². The van der Waals surface area contributed by atoms with Crippen molar-refractivity contribution in [2.45, 2.75) is 13.3 Å². The molecule has 2 atom stereocenters. The van der Waals surface area contributed by atoms with Gasteiger partial charge in [-0.3, -0.25) is 4.79 Å². The highest BCUT2D eigenvalue weighted by Gasteiger charge is 2.41. The molecule has 4 nitrogen and oxygen atoms in total. The van der Waals surface area contributed by atoms with Gasteiger partial charge in [0.15, 0.2) is 0 Å². The van der Waals surface area contributed by atoms with Crippen molar-refractivity contribution in [1.82, 2.24) is 9.80 Å². The lowest BCUT2D eigenvalue weighted by molar-refractivity contribution is 0.0773. The lowest BCUT2D eigenvalue weighted by Gasteiger charge is -2.22. The molecule has 2 aromatic rings. The van der Waals surface area contributed by atoms with Crippen molar-refractivity contribution in [2.24, 2.45) is 11.8 Å². The number of anilines is 1. The zero-order valence-corrected chi connectivity index (χ0v) is 19.6. The van der Waals surface area contributed by atoms with Crippen LogP contribution < -0.4 is 5.32 Å². The Bertz CT molecular complexity index is 876. The summed E-state index contributed by atoms with van der Waals surface area (Å²) in [4.78, 5) is 17.5. The quantitative estimate of drug-likeness (QED) is 0.438. The van der Waals surface area contributed by atoms with Crippen LogP contribution in [0.15, 0.2) is 42.5 Å². The third-order valence-corrected chi connectivity index (χ3v) is 7.45. The molecule has 2 fully saturated rings. The van der Waals surface area contributed by atoms with Gasteiger partial charge in [-0.1, -0.05) is 29.8 Å². The molecule has 2 saturated heterocycles. The van der Waals surface area contributed by atoms with Crippen LogP contribution in [-0.2, 0) is 0 Å². The summed E-state index contributed by atoms with van der Waals surface area (Å²) in [5.41, 5.74) is 3.03. The monoisotopic (exact) mass is 523 g/mol. The molecular weight excluding hydrogens is 497 g/mol. The Morgan fingerprint density at radius 2 is 1.86 bits per heavy atom. The molecule has 4 rings (SSSR count). The molecule has 1 N–H and O–H groups in total. The van der Waals surface area contributed by atoms with E-state index in [1.807, 2.05) is 37.3 Å². The molecule has 0 aliphatic carbocycles. The van der Waals surface area contributed by atoms with Crippen LogP contribution in [0.4, 0.5) is 5.69 Å².